The Morgan fingerprint density at radius 2 is 2.35 bits per heavy atom. The molecule has 1 aromatic rings. The molecule has 0 spiro atoms. The zero-order chi connectivity index (χ0) is 12.8. The van der Waals surface area contributed by atoms with Gasteiger partial charge in [-0.25, -0.2) is 0 Å². The van der Waals surface area contributed by atoms with Crippen molar-refractivity contribution in [3.8, 4) is 6.07 Å². The number of hydrogen-bond acceptors (Lipinski definition) is 5. The Morgan fingerprint density at radius 3 is 2.82 bits per heavy atom. The van der Waals surface area contributed by atoms with Gasteiger partial charge in [0.1, 0.15) is 11.6 Å². The van der Waals surface area contributed by atoms with E-state index >= 15 is 0 Å². The maximum absolute atomic E-state index is 10.6. The second-order valence-electron chi connectivity index (χ2n) is 3.59. The first kappa shape index (κ1) is 12.9. The summed E-state index contributed by atoms with van der Waals surface area (Å²) in [6.07, 6.45) is 0.843. The van der Waals surface area contributed by atoms with Crippen LogP contribution in [0.3, 0.4) is 0 Å². The lowest BCUT2D eigenvalue weighted by molar-refractivity contribution is -0.385. The molecule has 0 aliphatic heterocycles. The number of nitro groups is 1. The molecule has 6 nitrogen and oxygen atoms in total. The van der Waals surface area contributed by atoms with Crippen LogP contribution in [0, 0.1) is 21.4 Å². The van der Waals surface area contributed by atoms with Crippen molar-refractivity contribution in [2.75, 3.05) is 11.9 Å². The van der Waals surface area contributed by atoms with Crippen molar-refractivity contribution in [2.45, 2.75) is 19.4 Å². The Morgan fingerprint density at radius 1 is 1.65 bits per heavy atom. The summed E-state index contributed by atoms with van der Waals surface area (Å²) in [5.41, 5.74) is 6.08. The van der Waals surface area contributed by atoms with Gasteiger partial charge in [-0.2, -0.15) is 5.26 Å². The molecule has 0 saturated carbocycles. The molecule has 1 unspecified atom stereocenters. The minimum Gasteiger partial charge on any atom is -0.381 e. The lowest BCUT2D eigenvalue weighted by atomic mass is 10.1. The highest BCUT2D eigenvalue weighted by Crippen LogP contribution is 2.22. The van der Waals surface area contributed by atoms with Gasteiger partial charge >= 0.3 is 0 Å². The van der Waals surface area contributed by atoms with Gasteiger partial charge in [-0.1, -0.05) is 6.92 Å². The molecular weight excluding hydrogens is 220 g/mol. The first-order valence-electron chi connectivity index (χ1n) is 5.27. The highest BCUT2D eigenvalue weighted by atomic mass is 16.6. The van der Waals surface area contributed by atoms with E-state index in [9.17, 15) is 10.1 Å². The monoisotopic (exact) mass is 234 g/mol. The van der Waals surface area contributed by atoms with E-state index in [1.54, 1.807) is 6.07 Å². The van der Waals surface area contributed by atoms with Crippen molar-refractivity contribution >= 4 is 11.4 Å². The fraction of sp³-hybridized carbons (Fsp3) is 0.364. The molecular formula is C11H14N4O2. The van der Waals surface area contributed by atoms with Gasteiger partial charge < -0.3 is 11.1 Å². The van der Waals surface area contributed by atoms with Crippen LogP contribution in [-0.4, -0.2) is 17.5 Å². The summed E-state index contributed by atoms with van der Waals surface area (Å²) in [7, 11) is 0. The number of hydrogen-bond donors (Lipinski definition) is 2. The molecule has 1 atom stereocenters. The summed E-state index contributed by atoms with van der Waals surface area (Å²) < 4.78 is 0. The SMILES string of the molecule is CCC(CN)Nc1ccc([N+](=O)[O-])c(C#N)c1. The fourth-order valence-electron chi connectivity index (χ4n) is 1.44. The Balaban J connectivity index is 2.98. The predicted octanol–water partition coefficient (Wildman–Crippen LogP) is 1.62. The Kier molecular flexibility index (Phi) is 4.43. The predicted molar refractivity (Wildman–Crippen MR) is 64.6 cm³/mol. The van der Waals surface area contributed by atoms with Gasteiger partial charge in [-0.15, -0.1) is 0 Å². The standard InChI is InChI=1S/C11H14N4O2/c1-2-9(7-13)14-10-3-4-11(15(16)17)8(5-10)6-12/h3-5,9,14H,2,7,13H2,1H3. The molecule has 0 amide bonds. The number of nitriles is 1. The highest BCUT2D eigenvalue weighted by molar-refractivity contribution is 5.58. The van der Waals surface area contributed by atoms with Gasteiger partial charge in [0.15, 0.2) is 0 Å². The highest BCUT2D eigenvalue weighted by Gasteiger charge is 2.14. The van der Waals surface area contributed by atoms with Gasteiger partial charge in [-0.3, -0.25) is 10.1 Å². The van der Waals surface area contributed by atoms with E-state index in [2.05, 4.69) is 5.32 Å². The Bertz CT molecular complexity index is 449. The van der Waals surface area contributed by atoms with Crippen molar-refractivity contribution in [3.05, 3.63) is 33.9 Å². The van der Waals surface area contributed by atoms with E-state index in [0.29, 0.717) is 12.2 Å². The molecule has 0 fully saturated rings. The molecule has 0 saturated heterocycles. The molecule has 0 aliphatic rings. The summed E-state index contributed by atoms with van der Waals surface area (Å²) in [4.78, 5) is 10.1. The first-order valence-corrected chi connectivity index (χ1v) is 5.27. The minimum atomic E-state index is -0.567. The van der Waals surface area contributed by atoms with Gasteiger partial charge in [0.05, 0.1) is 4.92 Å². The topological polar surface area (TPSA) is 105 Å². The van der Waals surface area contributed by atoms with Crippen LogP contribution < -0.4 is 11.1 Å². The minimum absolute atomic E-state index is 0.0480. The number of nitrogens with zero attached hydrogens (tertiary/aromatic N) is 2. The second-order valence-corrected chi connectivity index (χ2v) is 3.59. The zero-order valence-corrected chi connectivity index (χ0v) is 9.51. The molecule has 0 bridgehead atoms. The lowest BCUT2D eigenvalue weighted by Gasteiger charge is -2.15. The number of nitro benzene ring substituents is 1. The lowest BCUT2D eigenvalue weighted by Crippen LogP contribution is -2.27. The molecule has 1 aromatic carbocycles. The van der Waals surface area contributed by atoms with Crippen LogP contribution >= 0.6 is 0 Å². The van der Waals surface area contributed by atoms with Crippen LogP contribution in [0.15, 0.2) is 18.2 Å². The third kappa shape index (κ3) is 3.16. The summed E-state index contributed by atoms with van der Waals surface area (Å²) in [6.45, 7) is 2.45. The fourth-order valence-corrected chi connectivity index (χ4v) is 1.44. The van der Waals surface area contributed by atoms with Crippen molar-refractivity contribution < 1.29 is 4.92 Å². The van der Waals surface area contributed by atoms with E-state index < -0.39 is 4.92 Å². The average Bonchev–Trinajstić information content (AvgIpc) is 2.35. The molecule has 0 aliphatic carbocycles. The van der Waals surface area contributed by atoms with Crippen LogP contribution in [0.4, 0.5) is 11.4 Å². The molecule has 17 heavy (non-hydrogen) atoms. The van der Waals surface area contributed by atoms with Gasteiger partial charge in [0.25, 0.3) is 5.69 Å². The number of nitrogens with two attached hydrogens (primary N) is 1. The van der Waals surface area contributed by atoms with Crippen molar-refractivity contribution in [1.29, 1.82) is 5.26 Å². The van der Waals surface area contributed by atoms with Crippen molar-refractivity contribution in [1.82, 2.24) is 0 Å². The number of anilines is 1. The zero-order valence-electron chi connectivity index (χ0n) is 9.51. The Labute approximate surface area is 99.2 Å². The summed E-state index contributed by atoms with van der Waals surface area (Å²) in [6, 6.07) is 6.29. The molecule has 0 heterocycles. The number of benzene rings is 1. The van der Waals surface area contributed by atoms with E-state index in [0.717, 1.165) is 6.42 Å². The molecule has 90 valence electrons. The van der Waals surface area contributed by atoms with Gasteiger partial charge in [0, 0.05) is 24.3 Å². The first-order chi connectivity index (χ1) is 8.12. The van der Waals surface area contributed by atoms with Crippen LogP contribution in [0.5, 0.6) is 0 Å². The smallest absolute Gasteiger partial charge is 0.287 e. The quantitative estimate of drug-likeness (QED) is 0.594. The van der Waals surface area contributed by atoms with Crippen LogP contribution in [0.2, 0.25) is 0 Å². The van der Waals surface area contributed by atoms with Crippen LogP contribution in [-0.2, 0) is 0 Å². The summed E-state index contributed by atoms with van der Waals surface area (Å²) in [5.74, 6) is 0. The van der Waals surface area contributed by atoms with Crippen LogP contribution in [0.1, 0.15) is 18.9 Å². The van der Waals surface area contributed by atoms with Gasteiger partial charge in [0.2, 0.25) is 0 Å². The van der Waals surface area contributed by atoms with E-state index in [1.165, 1.54) is 12.1 Å². The number of rotatable bonds is 5. The van der Waals surface area contributed by atoms with Gasteiger partial charge in [-0.05, 0) is 18.6 Å². The normalized spacial score (nSPS) is 11.6. The van der Waals surface area contributed by atoms with Crippen LogP contribution in [0.25, 0.3) is 0 Å². The van der Waals surface area contributed by atoms with E-state index in [1.807, 2.05) is 13.0 Å². The molecule has 6 heteroatoms. The molecule has 1 rings (SSSR count). The maximum Gasteiger partial charge on any atom is 0.287 e. The van der Waals surface area contributed by atoms with Crippen molar-refractivity contribution in [2.24, 2.45) is 5.73 Å². The molecule has 0 aromatic heterocycles. The molecule has 0 radical (unpaired) electrons. The maximum atomic E-state index is 10.6. The van der Waals surface area contributed by atoms with E-state index in [4.69, 9.17) is 11.0 Å². The molecule has 3 N–H and O–H groups in total. The largest absolute Gasteiger partial charge is 0.381 e. The van der Waals surface area contributed by atoms with Crippen molar-refractivity contribution in [3.63, 3.8) is 0 Å². The second kappa shape index (κ2) is 5.82. The third-order valence-electron chi connectivity index (χ3n) is 2.46. The summed E-state index contributed by atoms with van der Waals surface area (Å²) in [5, 5.41) is 22.6. The Hall–Kier alpha value is -2.13. The summed E-state index contributed by atoms with van der Waals surface area (Å²) >= 11 is 0. The third-order valence-corrected chi connectivity index (χ3v) is 2.46. The average molecular weight is 234 g/mol. The van der Waals surface area contributed by atoms with E-state index in [-0.39, 0.29) is 17.3 Å². The number of nitrogens with one attached hydrogen (secondary N) is 1.